The van der Waals surface area contributed by atoms with Gasteiger partial charge in [-0.2, -0.15) is 0 Å². The van der Waals surface area contributed by atoms with Crippen LogP contribution >= 0.6 is 0 Å². The maximum atomic E-state index is 7.94. The fourth-order valence-electron chi connectivity index (χ4n) is 2.58. The molecule has 0 unspecified atom stereocenters. The Kier molecular flexibility index (Phi) is 7.79. The minimum atomic E-state index is 0.0766. The van der Waals surface area contributed by atoms with Gasteiger partial charge in [0.2, 0.25) is 17.6 Å². The molecule has 0 atom stereocenters. The summed E-state index contributed by atoms with van der Waals surface area (Å²) >= 11 is 0. The van der Waals surface area contributed by atoms with Crippen LogP contribution in [-0.4, -0.2) is 72.6 Å². The Labute approximate surface area is 179 Å². The summed E-state index contributed by atoms with van der Waals surface area (Å²) in [5.41, 5.74) is 2.77. The number of hydrogen-bond donors (Lipinski definition) is 2. The van der Waals surface area contributed by atoms with Crippen molar-refractivity contribution in [1.29, 1.82) is 10.8 Å². The highest BCUT2D eigenvalue weighted by atomic mass is 16.5. The van der Waals surface area contributed by atoms with E-state index in [9.17, 15) is 0 Å². The number of tetrazole rings is 1. The molecule has 10 nitrogen and oxygen atoms in total. The molecule has 0 aliphatic heterocycles. The lowest BCUT2D eigenvalue weighted by atomic mass is 10.1. The van der Waals surface area contributed by atoms with Gasteiger partial charge in [0.05, 0.1) is 18.9 Å². The van der Waals surface area contributed by atoms with E-state index in [1.807, 2.05) is 12.1 Å². The number of methoxy groups -OCH3 is 2. The van der Waals surface area contributed by atoms with Crippen molar-refractivity contribution in [1.82, 2.24) is 20.2 Å². The molecule has 10 heteroatoms. The van der Waals surface area contributed by atoms with Crippen LogP contribution in [0, 0.1) is 10.8 Å². The summed E-state index contributed by atoms with van der Waals surface area (Å²) in [4.78, 5) is 1.42. The van der Waals surface area contributed by atoms with E-state index in [0.29, 0.717) is 49.1 Å². The molecule has 1 heterocycles. The van der Waals surface area contributed by atoms with Crippen LogP contribution in [0.5, 0.6) is 0 Å². The number of nitrogens with zero attached hydrogens (tertiary/aromatic N) is 4. The number of benzene rings is 2. The van der Waals surface area contributed by atoms with Gasteiger partial charge in [-0.1, -0.05) is 12.1 Å². The first-order chi connectivity index (χ1) is 15.1. The van der Waals surface area contributed by atoms with E-state index in [4.69, 9.17) is 29.8 Å². The summed E-state index contributed by atoms with van der Waals surface area (Å²) in [5.74, 6) is 0.614. The molecular weight excluding hydrogens is 400 g/mol. The quantitative estimate of drug-likeness (QED) is 0.290. The van der Waals surface area contributed by atoms with E-state index in [2.05, 4.69) is 15.4 Å². The lowest BCUT2D eigenvalue weighted by Gasteiger charge is -2.07. The van der Waals surface area contributed by atoms with Crippen molar-refractivity contribution < 1.29 is 18.9 Å². The lowest BCUT2D eigenvalue weighted by Crippen LogP contribution is -2.10. The predicted molar refractivity (Wildman–Crippen MR) is 114 cm³/mol. The molecule has 3 aromatic rings. The van der Waals surface area contributed by atoms with Crippen LogP contribution in [0.3, 0.4) is 0 Å². The highest BCUT2D eigenvalue weighted by molar-refractivity contribution is 5.92. The maximum Gasteiger partial charge on any atom is 0.213 e. The van der Waals surface area contributed by atoms with Crippen LogP contribution in [0.4, 0.5) is 0 Å². The van der Waals surface area contributed by atoms with Gasteiger partial charge in [-0.3, -0.25) is 10.8 Å². The Morgan fingerprint density at radius 1 is 0.774 bits per heavy atom. The summed E-state index contributed by atoms with van der Waals surface area (Å²) in [5, 5.41) is 28.5. The molecule has 0 aliphatic rings. The largest absolute Gasteiger partial charge is 0.475 e. The summed E-state index contributed by atoms with van der Waals surface area (Å²) in [7, 11) is 3.17. The number of aromatic nitrogens is 4. The van der Waals surface area contributed by atoms with Crippen LogP contribution in [-0.2, 0) is 18.9 Å². The second-order valence-electron chi connectivity index (χ2n) is 6.37. The monoisotopic (exact) mass is 424 g/mol. The second kappa shape index (κ2) is 11.0. The third-order valence-corrected chi connectivity index (χ3v) is 4.25. The Hall–Kier alpha value is -3.63. The zero-order valence-electron chi connectivity index (χ0n) is 17.4. The van der Waals surface area contributed by atoms with Crippen molar-refractivity contribution >= 4 is 11.8 Å². The molecule has 1 aromatic heterocycles. The standard InChI is InChI=1S/C21H24N6O4/c1-28-11-13-30-19(22)15-3-5-17(6-4-15)21-24-26-27(25-21)18-9-7-16(8-10-18)20(23)31-14-12-29-2/h3-10,22-23H,11-14H2,1-2H3. The minimum Gasteiger partial charge on any atom is -0.475 e. The van der Waals surface area contributed by atoms with Gasteiger partial charge >= 0.3 is 0 Å². The molecule has 0 bridgehead atoms. The summed E-state index contributed by atoms with van der Waals surface area (Å²) in [6.45, 7) is 1.50. The first kappa shape index (κ1) is 22.1. The lowest BCUT2D eigenvalue weighted by molar-refractivity contribution is 0.141. The van der Waals surface area contributed by atoms with E-state index < -0.39 is 0 Å². The second-order valence-corrected chi connectivity index (χ2v) is 6.37. The van der Waals surface area contributed by atoms with Gasteiger partial charge in [-0.05, 0) is 41.6 Å². The predicted octanol–water partition coefficient (Wildman–Crippen LogP) is 2.31. The van der Waals surface area contributed by atoms with E-state index in [1.165, 1.54) is 4.80 Å². The third kappa shape index (κ3) is 5.93. The van der Waals surface area contributed by atoms with Crippen molar-refractivity contribution in [2.75, 3.05) is 40.6 Å². The van der Waals surface area contributed by atoms with E-state index in [0.717, 1.165) is 5.56 Å². The molecule has 162 valence electrons. The van der Waals surface area contributed by atoms with Gasteiger partial charge in [-0.25, -0.2) is 0 Å². The highest BCUT2D eigenvalue weighted by Crippen LogP contribution is 2.17. The minimum absolute atomic E-state index is 0.0766. The van der Waals surface area contributed by atoms with Crippen LogP contribution < -0.4 is 0 Å². The molecule has 0 spiro atoms. The zero-order valence-corrected chi connectivity index (χ0v) is 17.4. The summed E-state index contributed by atoms with van der Waals surface area (Å²) < 4.78 is 20.4. The number of rotatable bonds is 10. The molecule has 0 fully saturated rings. The first-order valence-corrected chi connectivity index (χ1v) is 9.54. The van der Waals surface area contributed by atoms with Crippen molar-refractivity contribution in [3.05, 3.63) is 59.7 Å². The maximum absolute atomic E-state index is 7.94. The molecule has 3 rings (SSSR count). The van der Waals surface area contributed by atoms with Crippen molar-refractivity contribution in [3.8, 4) is 17.1 Å². The van der Waals surface area contributed by atoms with Crippen molar-refractivity contribution in [3.63, 3.8) is 0 Å². The topological polar surface area (TPSA) is 128 Å². The van der Waals surface area contributed by atoms with E-state index in [1.54, 1.807) is 50.6 Å². The van der Waals surface area contributed by atoms with E-state index in [-0.39, 0.29) is 11.8 Å². The summed E-state index contributed by atoms with van der Waals surface area (Å²) in [6.07, 6.45) is 0. The Balaban J connectivity index is 1.64. The normalized spacial score (nSPS) is 10.6. The fourth-order valence-corrected chi connectivity index (χ4v) is 2.58. The van der Waals surface area contributed by atoms with Gasteiger partial charge < -0.3 is 18.9 Å². The molecule has 0 saturated heterocycles. The molecule has 2 aromatic carbocycles. The first-order valence-electron chi connectivity index (χ1n) is 9.54. The number of hydrogen-bond acceptors (Lipinski definition) is 9. The van der Waals surface area contributed by atoms with Crippen LogP contribution in [0.25, 0.3) is 17.1 Å². The van der Waals surface area contributed by atoms with Crippen LogP contribution in [0.1, 0.15) is 11.1 Å². The molecule has 0 radical (unpaired) electrons. The Morgan fingerprint density at radius 3 is 1.81 bits per heavy atom. The molecule has 31 heavy (non-hydrogen) atoms. The smallest absolute Gasteiger partial charge is 0.213 e. The molecular formula is C21H24N6O4. The van der Waals surface area contributed by atoms with Crippen LogP contribution in [0.2, 0.25) is 0 Å². The van der Waals surface area contributed by atoms with Gasteiger partial charge in [0.25, 0.3) is 0 Å². The van der Waals surface area contributed by atoms with Gasteiger partial charge in [-0.15, -0.1) is 15.0 Å². The zero-order chi connectivity index (χ0) is 22.1. The van der Waals surface area contributed by atoms with Crippen molar-refractivity contribution in [2.24, 2.45) is 0 Å². The SMILES string of the molecule is COCCOC(=N)c1ccc(-c2nnn(-c3ccc(C(=N)OCCOC)cc3)n2)cc1. The van der Waals surface area contributed by atoms with Crippen molar-refractivity contribution in [2.45, 2.75) is 0 Å². The fraction of sp³-hybridized carbons (Fsp3) is 0.286. The van der Waals surface area contributed by atoms with Gasteiger partial charge in [0.1, 0.15) is 13.2 Å². The average Bonchev–Trinajstić information content (AvgIpc) is 3.30. The Morgan fingerprint density at radius 2 is 1.29 bits per heavy atom. The Bertz CT molecular complexity index is 921. The van der Waals surface area contributed by atoms with Gasteiger partial charge in [0.15, 0.2) is 0 Å². The summed E-state index contributed by atoms with van der Waals surface area (Å²) in [6, 6.07) is 14.3. The average molecular weight is 424 g/mol. The molecule has 0 amide bonds. The number of ether oxygens (including phenoxy) is 4. The van der Waals surface area contributed by atoms with E-state index >= 15 is 0 Å². The third-order valence-electron chi connectivity index (χ3n) is 4.25. The molecule has 0 aliphatic carbocycles. The van der Waals surface area contributed by atoms with Gasteiger partial charge in [0, 0.05) is 30.9 Å². The number of nitrogens with one attached hydrogen (secondary N) is 2. The molecule has 0 saturated carbocycles. The highest BCUT2D eigenvalue weighted by Gasteiger charge is 2.10. The van der Waals surface area contributed by atoms with Crippen LogP contribution in [0.15, 0.2) is 48.5 Å². The molecule has 2 N–H and O–H groups in total.